The molecule has 27 heavy (non-hydrogen) atoms. The molecule has 0 unspecified atom stereocenters. The molecule has 142 valence electrons. The lowest BCUT2D eigenvalue weighted by Crippen LogP contribution is -2.27. The van der Waals surface area contributed by atoms with Gasteiger partial charge in [0.25, 0.3) is 0 Å². The fourth-order valence-corrected chi connectivity index (χ4v) is 4.04. The Bertz CT molecular complexity index is 956. The van der Waals surface area contributed by atoms with E-state index in [4.69, 9.17) is 5.11 Å². The van der Waals surface area contributed by atoms with Crippen molar-refractivity contribution in [3.63, 3.8) is 0 Å². The highest BCUT2D eigenvalue weighted by Crippen LogP contribution is 2.44. The molecule has 0 saturated carbocycles. The highest BCUT2D eigenvalue weighted by atomic mass is 16.4. The number of carboxylic acids is 2. The van der Waals surface area contributed by atoms with Crippen molar-refractivity contribution in [1.29, 1.82) is 0 Å². The van der Waals surface area contributed by atoms with Gasteiger partial charge in [0, 0.05) is 31.4 Å². The number of benzene rings is 2. The van der Waals surface area contributed by atoms with Gasteiger partial charge in [0.15, 0.2) is 5.71 Å². The minimum Gasteiger partial charge on any atom is -0.481 e. The van der Waals surface area contributed by atoms with Crippen molar-refractivity contribution in [3.8, 4) is 0 Å². The number of carboxylic acid groups (broad SMARTS) is 2. The number of hydrogen-bond donors (Lipinski definition) is 2. The van der Waals surface area contributed by atoms with Crippen molar-refractivity contribution in [2.24, 2.45) is 0 Å². The highest BCUT2D eigenvalue weighted by Gasteiger charge is 2.43. The highest BCUT2D eigenvalue weighted by molar-refractivity contribution is 6.03. The fourth-order valence-electron chi connectivity index (χ4n) is 4.04. The standard InChI is InChI=1S/C22H25NO4/c1-14-22(2,3)20-17-10-8-16(21(26)27)13-15(17)9-11-18(20)23(14)12-6-4-5-7-19(24)25/h8-11,13H,4-7,12H2,1-3H3,(H-,24,25,26,27)/p+1. The summed E-state index contributed by atoms with van der Waals surface area (Å²) in [4.78, 5) is 21.9. The van der Waals surface area contributed by atoms with Crippen LogP contribution in [-0.4, -0.2) is 39.0 Å². The first-order valence-corrected chi connectivity index (χ1v) is 9.37. The Labute approximate surface area is 159 Å². The molecule has 0 bridgehead atoms. The van der Waals surface area contributed by atoms with Crippen LogP contribution in [0.5, 0.6) is 0 Å². The molecule has 0 atom stereocenters. The quantitative estimate of drug-likeness (QED) is 0.554. The molecule has 1 aliphatic rings. The van der Waals surface area contributed by atoms with Crippen LogP contribution in [0.15, 0.2) is 30.3 Å². The SMILES string of the molecule is CC1=[N+](CCCCCC(=O)O)c2ccc3cc(C(=O)O)ccc3c2C1(C)C. The Morgan fingerprint density at radius 2 is 1.78 bits per heavy atom. The zero-order chi connectivity index (χ0) is 19.8. The molecular formula is C22H26NO4+. The molecule has 0 saturated heterocycles. The third-order valence-electron chi connectivity index (χ3n) is 5.74. The van der Waals surface area contributed by atoms with E-state index in [2.05, 4.69) is 31.4 Å². The van der Waals surface area contributed by atoms with Crippen LogP contribution < -0.4 is 0 Å². The Hall–Kier alpha value is -2.69. The molecule has 1 aliphatic heterocycles. The van der Waals surface area contributed by atoms with E-state index in [1.807, 2.05) is 12.1 Å². The second kappa shape index (κ2) is 7.14. The lowest BCUT2D eigenvalue weighted by atomic mass is 9.79. The third kappa shape index (κ3) is 3.46. The van der Waals surface area contributed by atoms with E-state index < -0.39 is 11.9 Å². The van der Waals surface area contributed by atoms with Gasteiger partial charge in [-0.15, -0.1) is 0 Å². The molecule has 2 aromatic rings. The number of rotatable bonds is 7. The first-order valence-electron chi connectivity index (χ1n) is 9.37. The Morgan fingerprint density at radius 1 is 1.04 bits per heavy atom. The van der Waals surface area contributed by atoms with Crippen LogP contribution in [-0.2, 0) is 10.2 Å². The van der Waals surface area contributed by atoms with Crippen LogP contribution in [0.2, 0.25) is 0 Å². The second-order valence-electron chi connectivity index (χ2n) is 7.77. The van der Waals surface area contributed by atoms with Crippen LogP contribution in [0.3, 0.4) is 0 Å². The number of hydrogen-bond acceptors (Lipinski definition) is 2. The summed E-state index contributed by atoms with van der Waals surface area (Å²) in [5.74, 6) is -1.65. The predicted octanol–water partition coefficient (Wildman–Crippen LogP) is 4.58. The number of carbonyl (C=O) groups is 2. The maximum Gasteiger partial charge on any atom is 0.335 e. The topological polar surface area (TPSA) is 77.6 Å². The van der Waals surface area contributed by atoms with E-state index in [9.17, 15) is 14.7 Å². The van der Waals surface area contributed by atoms with E-state index in [0.29, 0.717) is 12.0 Å². The van der Waals surface area contributed by atoms with Gasteiger partial charge in [-0.2, -0.15) is 4.58 Å². The minimum atomic E-state index is -0.914. The van der Waals surface area contributed by atoms with Gasteiger partial charge >= 0.3 is 11.9 Å². The Kier molecular flexibility index (Phi) is 5.05. The monoisotopic (exact) mass is 368 g/mol. The summed E-state index contributed by atoms with van der Waals surface area (Å²) >= 11 is 0. The molecule has 1 heterocycles. The average Bonchev–Trinajstić information content (AvgIpc) is 2.81. The van der Waals surface area contributed by atoms with Crippen molar-refractivity contribution in [2.75, 3.05) is 6.54 Å². The summed E-state index contributed by atoms with van der Waals surface area (Å²) in [5, 5.41) is 20.1. The number of aliphatic carboxylic acids is 1. The van der Waals surface area contributed by atoms with Crippen molar-refractivity contribution < 1.29 is 24.4 Å². The summed E-state index contributed by atoms with van der Waals surface area (Å²) in [7, 11) is 0. The van der Waals surface area contributed by atoms with Gasteiger partial charge < -0.3 is 10.2 Å². The lowest BCUT2D eigenvalue weighted by molar-refractivity contribution is -0.439. The van der Waals surface area contributed by atoms with Crippen molar-refractivity contribution in [1.82, 2.24) is 0 Å². The van der Waals surface area contributed by atoms with Crippen LogP contribution in [0.1, 0.15) is 62.4 Å². The number of nitrogens with zero attached hydrogens (tertiary/aromatic N) is 1. The van der Waals surface area contributed by atoms with Gasteiger partial charge in [0.1, 0.15) is 6.54 Å². The van der Waals surface area contributed by atoms with E-state index in [0.717, 1.165) is 30.2 Å². The van der Waals surface area contributed by atoms with Crippen molar-refractivity contribution in [2.45, 2.75) is 51.9 Å². The van der Waals surface area contributed by atoms with Gasteiger partial charge in [-0.3, -0.25) is 4.79 Å². The maximum atomic E-state index is 11.3. The molecule has 5 heteroatoms. The van der Waals surface area contributed by atoms with E-state index in [1.54, 1.807) is 12.1 Å². The Balaban J connectivity index is 1.93. The fraction of sp³-hybridized carbons (Fsp3) is 0.409. The van der Waals surface area contributed by atoms with Crippen LogP contribution >= 0.6 is 0 Å². The molecule has 0 aromatic heterocycles. The van der Waals surface area contributed by atoms with Gasteiger partial charge in [-0.05, 0) is 55.7 Å². The van der Waals surface area contributed by atoms with Crippen LogP contribution in [0.25, 0.3) is 10.8 Å². The van der Waals surface area contributed by atoms with E-state index >= 15 is 0 Å². The molecule has 0 radical (unpaired) electrons. The van der Waals surface area contributed by atoms with Gasteiger partial charge in [-0.1, -0.05) is 6.07 Å². The summed E-state index contributed by atoms with van der Waals surface area (Å²) in [6.07, 6.45) is 2.76. The van der Waals surface area contributed by atoms with Gasteiger partial charge in [0.05, 0.1) is 11.0 Å². The molecule has 3 rings (SSSR count). The largest absolute Gasteiger partial charge is 0.481 e. The van der Waals surface area contributed by atoms with E-state index in [-0.39, 0.29) is 11.8 Å². The van der Waals surface area contributed by atoms with Gasteiger partial charge in [0.2, 0.25) is 5.69 Å². The smallest absolute Gasteiger partial charge is 0.335 e. The second-order valence-corrected chi connectivity index (χ2v) is 7.77. The minimum absolute atomic E-state index is 0.138. The Morgan fingerprint density at radius 3 is 2.44 bits per heavy atom. The zero-order valence-corrected chi connectivity index (χ0v) is 16.1. The molecule has 5 nitrogen and oxygen atoms in total. The molecule has 0 amide bonds. The molecular weight excluding hydrogens is 342 g/mol. The first kappa shape index (κ1) is 19.1. The zero-order valence-electron chi connectivity index (χ0n) is 16.1. The molecule has 0 aliphatic carbocycles. The number of fused-ring (bicyclic) bond motifs is 3. The first-order chi connectivity index (χ1) is 12.7. The summed E-state index contributed by atoms with van der Waals surface area (Å²) < 4.78 is 2.33. The van der Waals surface area contributed by atoms with Gasteiger partial charge in [-0.25, -0.2) is 4.79 Å². The third-order valence-corrected chi connectivity index (χ3v) is 5.74. The molecule has 2 N–H and O–H groups in total. The summed E-state index contributed by atoms with van der Waals surface area (Å²) in [6, 6.07) is 9.40. The van der Waals surface area contributed by atoms with E-state index in [1.165, 1.54) is 17.0 Å². The van der Waals surface area contributed by atoms with Crippen molar-refractivity contribution >= 4 is 34.1 Å². The van der Waals surface area contributed by atoms with Crippen LogP contribution in [0, 0.1) is 0 Å². The summed E-state index contributed by atoms with van der Waals surface area (Å²) in [5.41, 5.74) is 3.84. The van der Waals surface area contributed by atoms with Crippen LogP contribution in [0.4, 0.5) is 5.69 Å². The molecule has 2 aromatic carbocycles. The predicted molar refractivity (Wildman–Crippen MR) is 106 cm³/mol. The average molecular weight is 368 g/mol. The number of aromatic carboxylic acids is 1. The van der Waals surface area contributed by atoms with Crippen molar-refractivity contribution in [3.05, 3.63) is 41.5 Å². The normalized spacial score (nSPS) is 15.2. The lowest BCUT2D eigenvalue weighted by Gasteiger charge is -2.17. The molecule has 0 fully saturated rings. The number of unbranched alkanes of at least 4 members (excludes halogenated alkanes) is 2. The maximum absolute atomic E-state index is 11.3. The summed E-state index contributed by atoms with van der Waals surface area (Å²) in [6.45, 7) is 7.42. The molecule has 0 spiro atoms.